The number of azide groups is 1. The molecular formula is C21H41N3O10. The number of ether oxygens (including phenoxy) is 9. The number of aldehydes is 1. The Bertz CT molecular complexity index is 497. The van der Waals surface area contributed by atoms with E-state index in [-0.39, 0.29) is 13.4 Å². The molecule has 0 rings (SSSR count). The van der Waals surface area contributed by atoms with E-state index in [1.807, 2.05) is 6.92 Å². The predicted octanol–water partition coefficient (Wildman–Crippen LogP) is 1.24. The van der Waals surface area contributed by atoms with Crippen LogP contribution in [0.3, 0.4) is 0 Å². The summed E-state index contributed by atoms with van der Waals surface area (Å²) in [4.78, 5) is 13.2. The molecule has 0 bridgehead atoms. The van der Waals surface area contributed by atoms with Crippen LogP contribution in [0.5, 0.6) is 0 Å². The molecule has 0 saturated heterocycles. The van der Waals surface area contributed by atoms with Crippen molar-refractivity contribution in [1.29, 1.82) is 0 Å². The lowest BCUT2D eigenvalue weighted by Gasteiger charge is -2.28. The third-order valence-electron chi connectivity index (χ3n) is 4.00. The molecule has 0 amide bonds. The number of carbonyl (C=O) groups is 1. The third kappa shape index (κ3) is 23.8. The Balaban J connectivity index is 3.80. The second-order valence-corrected chi connectivity index (χ2v) is 7.32. The summed E-state index contributed by atoms with van der Waals surface area (Å²) in [5.41, 5.74) is 7.74. The SMILES string of the molecule is COCOCCOCCOCCOCC(C)(COCC=O)COCCOCCOCCN=[N+]=[N-]. The van der Waals surface area contributed by atoms with Crippen molar-refractivity contribution in [2.45, 2.75) is 6.92 Å². The van der Waals surface area contributed by atoms with Gasteiger partial charge in [0, 0.05) is 24.0 Å². The van der Waals surface area contributed by atoms with Crippen molar-refractivity contribution >= 4 is 6.29 Å². The molecule has 1 unspecified atom stereocenters. The summed E-state index contributed by atoms with van der Waals surface area (Å²) in [5.74, 6) is 0. The molecule has 0 radical (unpaired) electrons. The van der Waals surface area contributed by atoms with Gasteiger partial charge in [-0.3, -0.25) is 0 Å². The van der Waals surface area contributed by atoms with E-state index in [0.717, 1.165) is 0 Å². The fraction of sp³-hybridized carbons (Fsp3) is 0.952. The number of hydrogen-bond acceptors (Lipinski definition) is 11. The highest BCUT2D eigenvalue weighted by Crippen LogP contribution is 2.18. The van der Waals surface area contributed by atoms with Gasteiger partial charge < -0.3 is 47.4 Å². The Kier molecular flexibility index (Phi) is 25.2. The third-order valence-corrected chi connectivity index (χ3v) is 4.00. The first-order chi connectivity index (χ1) is 16.7. The molecule has 0 fully saturated rings. The zero-order valence-corrected chi connectivity index (χ0v) is 20.5. The van der Waals surface area contributed by atoms with E-state index >= 15 is 0 Å². The number of nitrogens with zero attached hydrogens (tertiary/aromatic N) is 3. The molecular weight excluding hydrogens is 454 g/mol. The smallest absolute Gasteiger partial charge is 0.146 e. The van der Waals surface area contributed by atoms with Crippen LogP contribution in [0.2, 0.25) is 0 Å². The van der Waals surface area contributed by atoms with Crippen molar-refractivity contribution in [3.63, 3.8) is 0 Å². The summed E-state index contributed by atoms with van der Waals surface area (Å²) in [5, 5.41) is 3.37. The van der Waals surface area contributed by atoms with Crippen molar-refractivity contribution in [3.05, 3.63) is 10.4 Å². The number of methoxy groups -OCH3 is 1. The minimum Gasteiger partial charge on any atom is -0.379 e. The summed E-state index contributed by atoms with van der Waals surface area (Å²) in [6.45, 7) is 8.46. The van der Waals surface area contributed by atoms with E-state index in [9.17, 15) is 4.79 Å². The molecule has 200 valence electrons. The second kappa shape index (κ2) is 26.2. The highest BCUT2D eigenvalue weighted by molar-refractivity contribution is 5.50. The largest absolute Gasteiger partial charge is 0.379 e. The van der Waals surface area contributed by atoms with E-state index in [1.54, 1.807) is 7.11 Å². The predicted molar refractivity (Wildman–Crippen MR) is 122 cm³/mol. The van der Waals surface area contributed by atoms with Gasteiger partial charge in [-0.05, 0) is 5.53 Å². The first kappa shape index (κ1) is 32.6. The average molecular weight is 496 g/mol. The molecule has 0 aromatic rings. The van der Waals surface area contributed by atoms with Crippen molar-refractivity contribution in [2.75, 3.05) is 120 Å². The zero-order valence-electron chi connectivity index (χ0n) is 20.5. The maximum Gasteiger partial charge on any atom is 0.146 e. The van der Waals surface area contributed by atoms with Gasteiger partial charge in [0.1, 0.15) is 19.7 Å². The topological polar surface area (TPSA) is 149 Å². The molecule has 13 nitrogen and oxygen atoms in total. The normalized spacial score (nSPS) is 12.9. The first-order valence-electron chi connectivity index (χ1n) is 11.2. The van der Waals surface area contributed by atoms with E-state index in [4.69, 9.17) is 48.2 Å². The molecule has 0 aromatic heterocycles. The van der Waals surface area contributed by atoms with Crippen molar-refractivity contribution in [3.8, 4) is 0 Å². The van der Waals surface area contributed by atoms with Crippen LogP contribution in [0.15, 0.2) is 5.11 Å². The Morgan fingerprint density at radius 1 is 0.706 bits per heavy atom. The van der Waals surface area contributed by atoms with Crippen LogP contribution < -0.4 is 0 Å². The van der Waals surface area contributed by atoms with E-state index in [0.29, 0.717) is 105 Å². The first-order valence-corrected chi connectivity index (χ1v) is 11.2. The van der Waals surface area contributed by atoms with Crippen LogP contribution in [0.25, 0.3) is 10.4 Å². The van der Waals surface area contributed by atoms with Gasteiger partial charge in [-0.2, -0.15) is 0 Å². The Labute approximate surface area is 201 Å². The number of carbonyl (C=O) groups excluding carboxylic acids is 1. The van der Waals surface area contributed by atoms with Gasteiger partial charge in [0.2, 0.25) is 0 Å². The van der Waals surface area contributed by atoms with Crippen LogP contribution in [-0.2, 0) is 47.4 Å². The zero-order chi connectivity index (χ0) is 25.0. The molecule has 0 heterocycles. The van der Waals surface area contributed by atoms with Crippen LogP contribution in [0, 0.1) is 5.41 Å². The number of rotatable bonds is 28. The highest BCUT2D eigenvalue weighted by atomic mass is 16.7. The average Bonchev–Trinajstić information content (AvgIpc) is 2.83. The van der Waals surface area contributed by atoms with Crippen LogP contribution >= 0.6 is 0 Å². The fourth-order valence-corrected chi connectivity index (χ4v) is 2.41. The highest BCUT2D eigenvalue weighted by Gasteiger charge is 2.26. The van der Waals surface area contributed by atoms with E-state index in [2.05, 4.69) is 10.0 Å². The van der Waals surface area contributed by atoms with Gasteiger partial charge in [0.05, 0.1) is 92.5 Å². The van der Waals surface area contributed by atoms with Crippen LogP contribution in [-0.4, -0.2) is 126 Å². The molecule has 13 heteroatoms. The fourth-order valence-electron chi connectivity index (χ4n) is 2.41. The lowest BCUT2D eigenvalue weighted by Crippen LogP contribution is -2.35. The van der Waals surface area contributed by atoms with Gasteiger partial charge >= 0.3 is 0 Å². The molecule has 34 heavy (non-hydrogen) atoms. The maximum atomic E-state index is 10.5. The molecule has 1 atom stereocenters. The molecule has 0 aliphatic carbocycles. The summed E-state index contributed by atoms with van der Waals surface area (Å²) in [7, 11) is 1.57. The van der Waals surface area contributed by atoms with Gasteiger partial charge in [-0.1, -0.05) is 12.0 Å². The molecule has 0 aliphatic heterocycles. The summed E-state index contributed by atoms with van der Waals surface area (Å²) in [6, 6.07) is 0. The maximum absolute atomic E-state index is 10.5. The summed E-state index contributed by atoms with van der Waals surface area (Å²) >= 11 is 0. The monoisotopic (exact) mass is 495 g/mol. The van der Waals surface area contributed by atoms with Crippen LogP contribution in [0.1, 0.15) is 6.92 Å². The standard InChI is InChI=1S/C21H41N3O10/c1-21(17-31-6-4-25,18-32-14-11-28-8-7-27-5-3-23-24-22)19-33-15-12-29-9-10-30-13-16-34-20-26-2/h4H,3,5-20H2,1-2H3. The molecule has 0 aliphatic rings. The number of hydrogen-bond donors (Lipinski definition) is 0. The summed E-state index contributed by atoms with van der Waals surface area (Å²) < 4.78 is 48.2. The van der Waals surface area contributed by atoms with Crippen LogP contribution in [0.4, 0.5) is 0 Å². The minimum absolute atomic E-state index is 0.0258. The Morgan fingerprint density at radius 2 is 1.15 bits per heavy atom. The lowest BCUT2D eigenvalue weighted by atomic mass is 9.94. The van der Waals surface area contributed by atoms with Gasteiger partial charge in [-0.15, -0.1) is 0 Å². The Hall–Kier alpha value is -1.38. The summed E-state index contributed by atoms with van der Waals surface area (Å²) in [6.07, 6.45) is 0.713. The van der Waals surface area contributed by atoms with Crippen molar-refractivity contribution < 1.29 is 47.4 Å². The molecule has 0 spiro atoms. The van der Waals surface area contributed by atoms with E-state index < -0.39 is 5.41 Å². The quantitative estimate of drug-likeness (QED) is 0.0387. The molecule has 0 N–H and O–H groups in total. The Morgan fingerprint density at radius 3 is 1.62 bits per heavy atom. The second-order valence-electron chi connectivity index (χ2n) is 7.32. The van der Waals surface area contributed by atoms with Gasteiger partial charge in [0.25, 0.3) is 0 Å². The lowest BCUT2D eigenvalue weighted by molar-refractivity contribution is -0.116. The van der Waals surface area contributed by atoms with E-state index in [1.165, 1.54) is 0 Å². The molecule has 0 aromatic carbocycles. The minimum atomic E-state index is -0.418. The van der Waals surface area contributed by atoms with Crippen molar-refractivity contribution in [2.24, 2.45) is 10.5 Å². The van der Waals surface area contributed by atoms with Gasteiger partial charge in [0.15, 0.2) is 0 Å². The molecule has 0 saturated carbocycles. The van der Waals surface area contributed by atoms with Crippen molar-refractivity contribution in [1.82, 2.24) is 0 Å². The van der Waals surface area contributed by atoms with Gasteiger partial charge in [-0.25, -0.2) is 0 Å².